The Kier molecular flexibility index (Phi) is 4.15. The number of rotatable bonds is 5. The Hall–Kier alpha value is -0.900. The van der Waals surface area contributed by atoms with E-state index in [0.29, 0.717) is 0 Å². The van der Waals surface area contributed by atoms with E-state index in [1.807, 2.05) is 4.68 Å². The van der Waals surface area contributed by atoms with Crippen molar-refractivity contribution in [1.29, 1.82) is 0 Å². The Morgan fingerprint density at radius 1 is 1.35 bits per heavy atom. The minimum absolute atomic E-state index is 0.288. The van der Waals surface area contributed by atoms with Gasteiger partial charge >= 0.3 is 0 Å². The van der Waals surface area contributed by atoms with Gasteiger partial charge in [0.2, 0.25) is 0 Å². The summed E-state index contributed by atoms with van der Waals surface area (Å²) < 4.78 is 2.05. The molecule has 0 amide bonds. The lowest BCUT2D eigenvalue weighted by molar-refractivity contribution is 0.191. The molecule has 0 radical (unpaired) electrons. The van der Waals surface area contributed by atoms with E-state index < -0.39 is 0 Å². The molecule has 1 aliphatic rings. The van der Waals surface area contributed by atoms with Crippen LogP contribution in [0.5, 0.6) is 0 Å². The third-order valence-corrected chi connectivity index (χ3v) is 4.01. The van der Waals surface area contributed by atoms with Gasteiger partial charge in [-0.15, -0.1) is 0 Å². The Morgan fingerprint density at radius 2 is 2.12 bits per heavy atom. The molecule has 1 aromatic rings. The van der Waals surface area contributed by atoms with Crippen LogP contribution in [-0.2, 0) is 13.0 Å². The first-order valence-corrected chi connectivity index (χ1v) is 6.86. The standard InChI is InChI=1S/C13H24N4/c1-2-8-17-12(15-11-16-17)9-13(10-14)6-4-3-5-7-13/h11H,2-10,14H2,1H3. The fourth-order valence-corrected chi connectivity index (χ4v) is 2.91. The van der Waals surface area contributed by atoms with E-state index in [-0.39, 0.29) is 5.41 Å². The number of nitrogens with two attached hydrogens (primary N) is 1. The molecule has 0 atom stereocenters. The van der Waals surface area contributed by atoms with Crippen LogP contribution in [-0.4, -0.2) is 21.3 Å². The third-order valence-electron chi connectivity index (χ3n) is 4.01. The molecular formula is C13H24N4. The molecule has 0 bridgehead atoms. The lowest BCUT2D eigenvalue weighted by atomic mass is 9.71. The van der Waals surface area contributed by atoms with E-state index in [4.69, 9.17) is 5.73 Å². The van der Waals surface area contributed by atoms with Crippen molar-refractivity contribution in [2.24, 2.45) is 11.1 Å². The van der Waals surface area contributed by atoms with Crippen molar-refractivity contribution in [3.8, 4) is 0 Å². The Labute approximate surface area is 104 Å². The maximum atomic E-state index is 6.02. The fraction of sp³-hybridized carbons (Fsp3) is 0.846. The van der Waals surface area contributed by atoms with E-state index >= 15 is 0 Å². The number of hydrogen-bond acceptors (Lipinski definition) is 3. The van der Waals surface area contributed by atoms with Crippen molar-refractivity contribution >= 4 is 0 Å². The summed E-state index contributed by atoms with van der Waals surface area (Å²) in [6.45, 7) is 3.92. The van der Waals surface area contributed by atoms with E-state index in [9.17, 15) is 0 Å². The van der Waals surface area contributed by atoms with Crippen LogP contribution in [0, 0.1) is 5.41 Å². The van der Waals surface area contributed by atoms with E-state index in [1.54, 1.807) is 6.33 Å². The van der Waals surface area contributed by atoms with E-state index in [0.717, 1.165) is 31.8 Å². The normalized spacial score (nSPS) is 19.4. The second-order valence-corrected chi connectivity index (χ2v) is 5.34. The van der Waals surface area contributed by atoms with Crippen molar-refractivity contribution < 1.29 is 0 Å². The van der Waals surface area contributed by atoms with Crippen LogP contribution in [0.2, 0.25) is 0 Å². The first-order chi connectivity index (χ1) is 8.29. The zero-order valence-corrected chi connectivity index (χ0v) is 10.9. The minimum Gasteiger partial charge on any atom is -0.330 e. The zero-order valence-electron chi connectivity index (χ0n) is 10.9. The highest BCUT2D eigenvalue weighted by Gasteiger charge is 2.32. The maximum absolute atomic E-state index is 6.02. The molecule has 2 N–H and O–H groups in total. The molecule has 0 aromatic carbocycles. The molecule has 1 saturated carbocycles. The number of aryl methyl sites for hydroxylation is 1. The molecule has 1 fully saturated rings. The van der Waals surface area contributed by atoms with Crippen molar-refractivity contribution in [2.75, 3.05) is 6.54 Å². The summed E-state index contributed by atoms with van der Waals surface area (Å²) in [6.07, 6.45) is 10.3. The molecule has 1 heterocycles. The highest BCUT2D eigenvalue weighted by molar-refractivity contribution is 4.96. The van der Waals surface area contributed by atoms with Gasteiger partial charge in [0.05, 0.1) is 0 Å². The first-order valence-electron chi connectivity index (χ1n) is 6.86. The van der Waals surface area contributed by atoms with Crippen molar-refractivity contribution in [3.05, 3.63) is 12.2 Å². The summed E-state index contributed by atoms with van der Waals surface area (Å²) in [5.74, 6) is 1.12. The monoisotopic (exact) mass is 236 g/mol. The van der Waals surface area contributed by atoms with E-state index in [1.165, 1.54) is 32.1 Å². The summed E-state index contributed by atoms with van der Waals surface area (Å²) in [5.41, 5.74) is 6.31. The molecule has 0 saturated heterocycles. The Morgan fingerprint density at radius 3 is 2.76 bits per heavy atom. The summed E-state index contributed by atoms with van der Waals surface area (Å²) in [4.78, 5) is 4.42. The molecule has 0 unspecified atom stereocenters. The molecule has 2 rings (SSSR count). The molecule has 96 valence electrons. The second-order valence-electron chi connectivity index (χ2n) is 5.34. The van der Waals surface area contributed by atoms with Crippen molar-refractivity contribution in [1.82, 2.24) is 14.8 Å². The first kappa shape index (κ1) is 12.6. The fourth-order valence-electron chi connectivity index (χ4n) is 2.91. The van der Waals surface area contributed by atoms with Gasteiger partial charge in [0.1, 0.15) is 12.2 Å². The molecule has 4 nitrogen and oxygen atoms in total. The molecule has 17 heavy (non-hydrogen) atoms. The maximum Gasteiger partial charge on any atom is 0.138 e. The summed E-state index contributed by atoms with van der Waals surface area (Å²) in [5, 5.41) is 4.30. The largest absolute Gasteiger partial charge is 0.330 e. The Balaban J connectivity index is 2.09. The second kappa shape index (κ2) is 5.63. The van der Waals surface area contributed by atoms with Gasteiger partial charge in [0.25, 0.3) is 0 Å². The molecular weight excluding hydrogens is 212 g/mol. The SMILES string of the molecule is CCCn1ncnc1CC1(CN)CCCCC1. The molecule has 1 aromatic heterocycles. The quantitative estimate of drug-likeness (QED) is 0.852. The summed E-state index contributed by atoms with van der Waals surface area (Å²) >= 11 is 0. The lowest BCUT2D eigenvalue weighted by Gasteiger charge is -2.35. The van der Waals surface area contributed by atoms with Gasteiger partial charge in [0, 0.05) is 13.0 Å². The van der Waals surface area contributed by atoms with Gasteiger partial charge in [-0.3, -0.25) is 4.68 Å². The van der Waals surface area contributed by atoms with Gasteiger partial charge in [-0.1, -0.05) is 26.2 Å². The van der Waals surface area contributed by atoms with Crippen LogP contribution < -0.4 is 5.73 Å². The van der Waals surface area contributed by atoms with Crippen LogP contribution >= 0.6 is 0 Å². The van der Waals surface area contributed by atoms with Gasteiger partial charge in [0.15, 0.2) is 0 Å². The minimum atomic E-state index is 0.288. The van der Waals surface area contributed by atoms with Gasteiger partial charge < -0.3 is 5.73 Å². The summed E-state index contributed by atoms with van der Waals surface area (Å²) in [6, 6.07) is 0. The topological polar surface area (TPSA) is 56.7 Å². The van der Waals surface area contributed by atoms with Crippen LogP contribution in [0.15, 0.2) is 6.33 Å². The molecule has 4 heteroatoms. The Bertz CT molecular complexity index is 339. The number of aromatic nitrogens is 3. The average Bonchev–Trinajstić information content (AvgIpc) is 2.78. The van der Waals surface area contributed by atoms with Gasteiger partial charge in [-0.05, 0) is 31.2 Å². The summed E-state index contributed by atoms with van der Waals surface area (Å²) in [7, 11) is 0. The molecule has 0 spiro atoms. The molecule has 0 aliphatic heterocycles. The van der Waals surface area contributed by atoms with E-state index in [2.05, 4.69) is 17.0 Å². The molecule has 1 aliphatic carbocycles. The number of nitrogens with zero attached hydrogens (tertiary/aromatic N) is 3. The van der Waals surface area contributed by atoms with Gasteiger partial charge in [-0.2, -0.15) is 5.10 Å². The predicted octanol–water partition coefficient (Wildman–Crippen LogP) is 2.14. The van der Waals surface area contributed by atoms with Crippen LogP contribution in [0.4, 0.5) is 0 Å². The number of hydrogen-bond donors (Lipinski definition) is 1. The highest BCUT2D eigenvalue weighted by Crippen LogP contribution is 2.37. The highest BCUT2D eigenvalue weighted by atomic mass is 15.3. The zero-order chi connectivity index (χ0) is 12.1. The van der Waals surface area contributed by atoms with Crippen molar-refractivity contribution in [3.63, 3.8) is 0 Å². The van der Waals surface area contributed by atoms with Gasteiger partial charge in [-0.25, -0.2) is 4.98 Å². The van der Waals surface area contributed by atoms with Crippen LogP contribution in [0.3, 0.4) is 0 Å². The van der Waals surface area contributed by atoms with Crippen molar-refractivity contribution in [2.45, 2.75) is 58.4 Å². The smallest absolute Gasteiger partial charge is 0.138 e. The van der Waals surface area contributed by atoms with Crippen LogP contribution in [0.1, 0.15) is 51.3 Å². The van der Waals surface area contributed by atoms with Crippen LogP contribution in [0.25, 0.3) is 0 Å². The average molecular weight is 236 g/mol. The lowest BCUT2D eigenvalue weighted by Crippen LogP contribution is -2.35. The predicted molar refractivity (Wildman–Crippen MR) is 68.6 cm³/mol. The third kappa shape index (κ3) is 2.86.